The van der Waals surface area contributed by atoms with Gasteiger partial charge in [-0.1, -0.05) is 0 Å². The number of carbonyl (C=O) groups excluding carboxylic acids is 1. The molecule has 1 saturated heterocycles. The molecule has 16 heavy (non-hydrogen) atoms. The number of aliphatic hydroxyl groups is 1. The van der Waals surface area contributed by atoms with Gasteiger partial charge >= 0.3 is 0 Å². The van der Waals surface area contributed by atoms with E-state index >= 15 is 0 Å². The molecule has 2 N–H and O–H groups in total. The average molecular weight is 228 g/mol. The van der Waals surface area contributed by atoms with E-state index in [-0.39, 0.29) is 12.0 Å². The molecule has 4 heteroatoms. The minimum absolute atomic E-state index is 0.124. The molecule has 0 aromatic carbocycles. The molecule has 94 valence electrons. The zero-order valence-electron chi connectivity index (χ0n) is 10.4. The smallest absolute Gasteiger partial charge is 0.219 e. The first-order valence-electron chi connectivity index (χ1n) is 6.24. The lowest BCUT2D eigenvalue weighted by molar-refractivity contribution is -0.120. The molecule has 0 aromatic rings. The standard InChI is InChI=1S/C12H24N2O2/c1-10(15)11-5-8-14(9-6-11)7-3-4-12(16)13-2/h10-11,15H,3-9H2,1-2H3,(H,13,16). The van der Waals surface area contributed by atoms with Crippen molar-refractivity contribution in [3.05, 3.63) is 0 Å². The van der Waals surface area contributed by atoms with Crippen LogP contribution in [0.4, 0.5) is 0 Å². The summed E-state index contributed by atoms with van der Waals surface area (Å²) in [5, 5.41) is 12.1. The summed E-state index contributed by atoms with van der Waals surface area (Å²) >= 11 is 0. The summed E-state index contributed by atoms with van der Waals surface area (Å²) in [6.45, 7) is 5.00. The van der Waals surface area contributed by atoms with Crippen LogP contribution in [0.25, 0.3) is 0 Å². The molecule has 1 unspecified atom stereocenters. The quantitative estimate of drug-likeness (QED) is 0.725. The Labute approximate surface area is 98.0 Å². The Hall–Kier alpha value is -0.610. The molecule has 0 aromatic heterocycles. The second-order valence-electron chi connectivity index (χ2n) is 4.70. The lowest BCUT2D eigenvalue weighted by atomic mass is 9.92. The van der Waals surface area contributed by atoms with Crippen molar-refractivity contribution < 1.29 is 9.90 Å². The van der Waals surface area contributed by atoms with Crippen LogP contribution >= 0.6 is 0 Å². The van der Waals surface area contributed by atoms with E-state index < -0.39 is 0 Å². The summed E-state index contributed by atoms with van der Waals surface area (Å²) in [7, 11) is 1.68. The van der Waals surface area contributed by atoms with E-state index in [9.17, 15) is 9.90 Å². The molecule has 1 aliphatic rings. The summed E-state index contributed by atoms with van der Waals surface area (Å²) in [5.74, 6) is 0.592. The van der Waals surface area contributed by atoms with Crippen molar-refractivity contribution in [3.63, 3.8) is 0 Å². The van der Waals surface area contributed by atoms with E-state index in [1.807, 2.05) is 6.92 Å². The van der Waals surface area contributed by atoms with Crippen LogP contribution in [0.5, 0.6) is 0 Å². The third kappa shape index (κ3) is 4.49. The summed E-state index contributed by atoms with van der Waals surface area (Å²) in [6, 6.07) is 0. The van der Waals surface area contributed by atoms with Gasteiger partial charge in [-0.25, -0.2) is 0 Å². The highest BCUT2D eigenvalue weighted by molar-refractivity contribution is 5.75. The fraction of sp³-hybridized carbons (Fsp3) is 0.917. The third-order valence-corrected chi connectivity index (χ3v) is 3.47. The number of rotatable bonds is 5. The second kappa shape index (κ2) is 6.86. The summed E-state index contributed by atoms with van der Waals surface area (Å²) in [6.07, 6.45) is 3.54. The Balaban J connectivity index is 2.10. The number of aliphatic hydroxyl groups excluding tert-OH is 1. The monoisotopic (exact) mass is 228 g/mol. The van der Waals surface area contributed by atoms with E-state index in [2.05, 4.69) is 10.2 Å². The number of amides is 1. The molecule has 1 heterocycles. The number of hydrogen-bond acceptors (Lipinski definition) is 3. The predicted molar refractivity (Wildman–Crippen MR) is 64.1 cm³/mol. The Morgan fingerprint density at radius 2 is 2.12 bits per heavy atom. The summed E-state index contributed by atoms with van der Waals surface area (Å²) in [4.78, 5) is 13.4. The molecule has 0 aliphatic carbocycles. The van der Waals surface area contributed by atoms with Crippen molar-refractivity contribution in [2.75, 3.05) is 26.7 Å². The fourth-order valence-corrected chi connectivity index (χ4v) is 2.25. The molecule has 1 amide bonds. The van der Waals surface area contributed by atoms with Crippen molar-refractivity contribution in [3.8, 4) is 0 Å². The molecule has 1 fully saturated rings. The lowest BCUT2D eigenvalue weighted by Gasteiger charge is -2.33. The number of piperidine rings is 1. The summed E-state index contributed by atoms with van der Waals surface area (Å²) < 4.78 is 0. The zero-order chi connectivity index (χ0) is 12.0. The van der Waals surface area contributed by atoms with Crippen LogP contribution in [-0.2, 0) is 4.79 Å². The summed E-state index contributed by atoms with van der Waals surface area (Å²) in [5.41, 5.74) is 0. The van der Waals surface area contributed by atoms with Crippen molar-refractivity contribution in [1.29, 1.82) is 0 Å². The van der Waals surface area contributed by atoms with Gasteiger partial charge < -0.3 is 15.3 Å². The normalized spacial score (nSPS) is 20.7. The van der Waals surface area contributed by atoms with Gasteiger partial charge in [0.2, 0.25) is 5.91 Å². The van der Waals surface area contributed by atoms with Crippen LogP contribution in [0, 0.1) is 5.92 Å². The molecule has 1 rings (SSSR count). The first-order chi connectivity index (χ1) is 7.63. The molecular weight excluding hydrogens is 204 g/mol. The maximum absolute atomic E-state index is 11.0. The van der Waals surface area contributed by atoms with Gasteiger partial charge in [0.1, 0.15) is 0 Å². The van der Waals surface area contributed by atoms with E-state index in [0.717, 1.165) is 38.9 Å². The Bertz CT molecular complexity index is 211. The van der Waals surface area contributed by atoms with Crippen LogP contribution in [0.2, 0.25) is 0 Å². The molecular formula is C12H24N2O2. The zero-order valence-corrected chi connectivity index (χ0v) is 10.4. The SMILES string of the molecule is CNC(=O)CCCN1CCC(C(C)O)CC1. The first-order valence-corrected chi connectivity index (χ1v) is 6.24. The van der Waals surface area contributed by atoms with Crippen LogP contribution in [-0.4, -0.2) is 48.7 Å². The molecule has 0 saturated carbocycles. The fourth-order valence-electron chi connectivity index (χ4n) is 2.25. The number of hydrogen-bond donors (Lipinski definition) is 2. The van der Waals surface area contributed by atoms with Crippen molar-refractivity contribution in [2.24, 2.45) is 5.92 Å². The third-order valence-electron chi connectivity index (χ3n) is 3.47. The molecule has 0 radical (unpaired) electrons. The van der Waals surface area contributed by atoms with Crippen LogP contribution in [0.3, 0.4) is 0 Å². The largest absolute Gasteiger partial charge is 0.393 e. The maximum Gasteiger partial charge on any atom is 0.219 e. The maximum atomic E-state index is 11.0. The Morgan fingerprint density at radius 1 is 1.50 bits per heavy atom. The highest BCUT2D eigenvalue weighted by Crippen LogP contribution is 2.20. The van der Waals surface area contributed by atoms with Crippen molar-refractivity contribution in [2.45, 2.75) is 38.7 Å². The van der Waals surface area contributed by atoms with E-state index in [1.165, 1.54) is 0 Å². The molecule has 0 spiro atoms. The highest BCUT2D eigenvalue weighted by Gasteiger charge is 2.22. The number of nitrogens with one attached hydrogen (secondary N) is 1. The number of nitrogens with zero attached hydrogens (tertiary/aromatic N) is 1. The van der Waals surface area contributed by atoms with Crippen molar-refractivity contribution >= 4 is 5.91 Å². The predicted octanol–water partition coefficient (Wildman–Crippen LogP) is 0.605. The minimum Gasteiger partial charge on any atom is -0.393 e. The Morgan fingerprint density at radius 3 is 2.62 bits per heavy atom. The topological polar surface area (TPSA) is 52.6 Å². The molecule has 1 aliphatic heterocycles. The van der Waals surface area contributed by atoms with Crippen LogP contribution in [0.1, 0.15) is 32.6 Å². The molecule has 1 atom stereocenters. The van der Waals surface area contributed by atoms with E-state index in [1.54, 1.807) is 7.05 Å². The minimum atomic E-state index is -0.173. The molecule has 0 bridgehead atoms. The van der Waals surface area contributed by atoms with Gasteiger partial charge in [0.15, 0.2) is 0 Å². The lowest BCUT2D eigenvalue weighted by Crippen LogP contribution is -2.37. The van der Waals surface area contributed by atoms with Gasteiger partial charge in [-0.2, -0.15) is 0 Å². The Kier molecular flexibility index (Phi) is 5.77. The van der Waals surface area contributed by atoms with Crippen LogP contribution in [0.15, 0.2) is 0 Å². The molecule has 4 nitrogen and oxygen atoms in total. The number of carbonyl (C=O) groups is 1. The average Bonchev–Trinajstić information content (AvgIpc) is 2.29. The van der Waals surface area contributed by atoms with Crippen LogP contribution < -0.4 is 5.32 Å². The van der Waals surface area contributed by atoms with E-state index in [4.69, 9.17) is 0 Å². The number of likely N-dealkylation sites (tertiary alicyclic amines) is 1. The highest BCUT2D eigenvalue weighted by atomic mass is 16.3. The van der Waals surface area contributed by atoms with E-state index in [0.29, 0.717) is 12.3 Å². The van der Waals surface area contributed by atoms with Gasteiger partial charge in [-0.3, -0.25) is 4.79 Å². The van der Waals surface area contributed by atoms with Gasteiger partial charge in [-0.05, 0) is 51.7 Å². The van der Waals surface area contributed by atoms with Gasteiger partial charge in [0, 0.05) is 13.5 Å². The van der Waals surface area contributed by atoms with Gasteiger partial charge in [0.05, 0.1) is 6.10 Å². The second-order valence-corrected chi connectivity index (χ2v) is 4.70. The van der Waals surface area contributed by atoms with Gasteiger partial charge in [0.25, 0.3) is 0 Å². The first kappa shape index (κ1) is 13.5. The van der Waals surface area contributed by atoms with Crippen molar-refractivity contribution in [1.82, 2.24) is 10.2 Å². The van der Waals surface area contributed by atoms with Gasteiger partial charge in [-0.15, -0.1) is 0 Å².